The minimum Gasteiger partial charge on any atom is -0.472 e. The zero-order chi connectivity index (χ0) is 30.3. The van der Waals surface area contributed by atoms with Crippen LogP contribution in [0.2, 0.25) is 0 Å². The fourth-order valence-corrected chi connectivity index (χ4v) is 5.78. The second kappa shape index (κ2) is 11.0. The minimum atomic E-state index is -1.28. The Labute approximate surface area is 252 Å². The number of hydrogen-bond donors (Lipinski definition) is 0. The molecule has 0 saturated heterocycles. The molecule has 0 saturated carbocycles. The lowest BCUT2D eigenvalue weighted by Gasteiger charge is -2.38. The van der Waals surface area contributed by atoms with Crippen LogP contribution in [-0.2, 0) is 5.60 Å². The molecule has 0 fully saturated rings. The number of ether oxygens (including phenoxy) is 1. The molecule has 0 aliphatic carbocycles. The van der Waals surface area contributed by atoms with Gasteiger partial charge in [-0.15, -0.1) is 0 Å². The third-order valence-electron chi connectivity index (χ3n) is 7.97. The van der Waals surface area contributed by atoms with Crippen molar-refractivity contribution in [2.45, 2.75) is 5.60 Å². The molecule has 6 aromatic rings. The molecule has 5 heteroatoms. The van der Waals surface area contributed by atoms with Gasteiger partial charge in [-0.1, -0.05) is 84.9 Å². The first-order chi connectivity index (χ1) is 21.4. The van der Waals surface area contributed by atoms with Gasteiger partial charge in [-0.05, 0) is 88.3 Å². The molecular formula is C39H24F4O. The molecule has 0 spiro atoms. The highest BCUT2D eigenvalue weighted by atomic mass is 19.1. The minimum absolute atomic E-state index is 0.374. The van der Waals surface area contributed by atoms with Crippen LogP contribution in [0.25, 0.3) is 21.9 Å². The summed E-state index contributed by atoms with van der Waals surface area (Å²) in [5.74, 6) is -0.947. The molecule has 0 bridgehead atoms. The molecule has 1 aliphatic heterocycles. The maximum Gasteiger partial charge on any atom is 0.178 e. The van der Waals surface area contributed by atoms with E-state index >= 15 is 0 Å². The SMILES string of the molecule is Fc1ccc(C(=CC2=CC(c3ccc(F)cc3)(c3ccc(F)cc3)Oc3c2ccc2ccccc32)c2ccc(F)cc2)cc1. The first-order valence-electron chi connectivity index (χ1n) is 14.1. The molecule has 1 aliphatic rings. The van der Waals surface area contributed by atoms with Crippen LogP contribution < -0.4 is 4.74 Å². The van der Waals surface area contributed by atoms with Crippen molar-refractivity contribution in [3.63, 3.8) is 0 Å². The van der Waals surface area contributed by atoms with E-state index in [9.17, 15) is 17.6 Å². The van der Waals surface area contributed by atoms with Crippen molar-refractivity contribution in [2.75, 3.05) is 0 Å². The summed E-state index contributed by atoms with van der Waals surface area (Å²) >= 11 is 0. The number of rotatable bonds is 5. The van der Waals surface area contributed by atoms with E-state index in [1.54, 1.807) is 48.5 Å². The predicted octanol–water partition coefficient (Wildman–Crippen LogP) is 10.2. The Hall–Kier alpha value is -5.42. The molecule has 6 aromatic carbocycles. The third kappa shape index (κ3) is 4.96. The Kier molecular flexibility index (Phi) is 6.86. The Bertz CT molecular complexity index is 1950. The molecule has 0 aromatic heterocycles. The van der Waals surface area contributed by atoms with Gasteiger partial charge < -0.3 is 4.74 Å². The van der Waals surface area contributed by atoms with E-state index in [0.717, 1.165) is 38.6 Å². The lowest BCUT2D eigenvalue weighted by Crippen LogP contribution is -2.35. The molecule has 7 rings (SSSR count). The molecule has 0 amide bonds. The summed E-state index contributed by atoms with van der Waals surface area (Å²) in [7, 11) is 0. The van der Waals surface area contributed by atoms with E-state index in [-0.39, 0.29) is 11.6 Å². The van der Waals surface area contributed by atoms with Crippen LogP contribution in [0.5, 0.6) is 5.75 Å². The Morgan fingerprint density at radius 2 is 1.00 bits per heavy atom. The van der Waals surface area contributed by atoms with Crippen molar-refractivity contribution in [2.24, 2.45) is 0 Å². The topological polar surface area (TPSA) is 9.23 Å². The second-order valence-electron chi connectivity index (χ2n) is 10.7. The predicted molar refractivity (Wildman–Crippen MR) is 166 cm³/mol. The first kappa shape index (κ1) is 27.4. The Morgan fingerprint density at radius 1 is 0.523 bits per heavy atom. The van der Waals surface area contributed by atoms with Crippen molar-refractivity contribution >= 4 is 21.9 Å². The van der Waals surface area contributed by atoms with E-state index in [1.165, 1.54) is 48.5 Å². The van der Waals surface area contributed by atoms with Crippen LogP contribution in [0.15, 0.2) is 146 Å². The van der Waals surface area contributed by atoms with Gasteiger partial charge in [0.25, 0.3) is 0 Å². The van der Waals surface area contributed by atoms with Gasteiger partial charge in [0.1, 0.15) is 29.0 Å². The lowest BCUT2D eigenvalue weighted by atomic mass is 9.80. The van der Waals surface area contributed by atoms with Gasteiger partial charge in [0.05, 0.1) is 0 Å². The standard InChI is InChI=1S/C39H24F4O/c40-31-14-5-26(6-15-31)37(27-7-16-32(41)17-8-27)23-28-24-39(29-10-18-33(42)19-11-29,30-12-20-34(43)21-13-30)44-38-35-4-2-1-3-25(35)9-22-36(28)38/h1-24H. The summed E-state index contributed by atoms with van der Waals surface area (Å²) < 4.78 is 63.4. The van der Waals surface area contributed by atoms with Gasteiger partial charge in [-0.2, -0.15) is 0 Å². The molecule has 0 N–H and O–H groups in total. The van der Waals surface area contributed by atoms with Crippen molar-refractivity contribution in [1.82, 2.24) is 0 Å². The molecule has 1 nitrogen and oxygen atoms in total. The Morgan fingerprint density at radius 3 is 1.52 bits per heavy atom. The number of hydrogen-bond acceptors (Lipinski definition) is 1. The Balaban J connectivity index is 1.56. The van der Waals surface area contributed by atoms with E-state index in [1.807, 2.05) is 48.6 Å². The van der Waals surface area contributed by atoms with E-state index < -0.39 is 17.2 Å². The van der Waals surface area contributed by atoms with Crippen LogP contribution in [0.1, 0.15) is 27.8 Å². The smallest absolute Gasteiger partial charge is 0.178 e. The van der Waals surface area contributed by atoms with Gasteiger partial charge in [-0.3, -0.25) is 0 Å². The third-order valence-corrected chi connectivity index (χ3v) is 7.97. The summed E-state index contributed by atoms with van der Waals surface area (Å²) in [6.07, 6.45) is 3.91. The molecule has 0 atom stereocenters. The van der Waals surface area contributed by atoms with Gasteiger partial charge in [0, 0.05) is 22.1 Å². The molecule has 0 radical (unpaired) electrons. The molecule has 44 heavy (non-hydrogen) atoms. The van der Waals surface area contributed by atoms with Crippen molar-refractivity contribution in [3.8, 4) is 5.75 Å². The van der Waals surface area contributed by atoms with Crippen LogP contribution in [0.3, 0.4) is 0 Å². The number of allylic oxidation sites excluding steroid dienone is 2. The second-order valence-corrected chi connectivity index (χ2v) is 10.7. The van der Waals surface area contributed by atoms with Crippen molar-refractivity contribution in [3.05, 3.63) is 197 Å². The van der Waals surface area contributed by atoms with Crippen molar-refractivity contribution < 1.29 is 22.3 Å². The number of fused-ring (bicyclic) bond motifs is 3. The zero-order valence-corrected chi connectivity index (χ0v) is 23.3. The monoisotopic (exact) mass is 584 g/mol. The van der Waals surface area contributed by atoms with Gasteiger partial charge in [-0.25, -0.2) is 17.6 Å². The summed E-state index contributed by atoms with van der Waals surface area (Å²) in [5.41, 5.74) is 3.73. The molecule has 0 unspecified atom stereocenters. The fraction of sp³-hybridized carbons (Fsp3) is 0.0256. The number of benzene rings is 6. The maximum absolute atomic E-state index is 14.2. The molecule has 1 heterocycles. The van der Waals surface area contributed by atoms with Crippen molar-refractivity contribution in [1.29, 1.82) is 0 Å². The van der Waals surface area contributed by atoms with Crippen LogP contribution in [-0.4, -0.2) is 0 Å². The summed E-state index contributed by atoms with van der Waals surface area (Å²) in [6.45, 7) is 0. The van der Waals surface area contributed by atoms with Gasteiger partial charge in [0.15, 0.2) is 5.60 Å². The van der Waals surface area contributed by atoms with Crippen LogP contribution in [0.4, 0.5) is 17.6 Å². The highest BCUT2D eigenvalue weighted by Gasteiger charge is 2.40. The highest BCUT2D eigenvalue weighted by molar-refractivity contribution is 5.99. The largest absolute Gasteiger partial charge is 0.472 e. The normalized spacial score (nSPS) is 13.5. The van der Waals surface area contributed by atoms with Crippen LogP contribution >= 0.6 is 0 Å². The van der Waals surface area contributed by atoms with E-state index in [0.29, 0.717) is 16.9 Å². The number of halogens is 4. The maximum atomic E-state index is 14.2. The van der Waals surface area contributed by atoms with E-state index in [2.05, 4.69) is 0 Å². The average Bonchev–Trinajstić information content (AvgIpc) is 3.05. The summed E-state index contributed by atoms with van der Waals surface area (Å²) in [5, 5.41) is 1.82. The first-order valence-corrected chi connectivity index (χ1v) is 14.1. The van der Waals surface area contributed by atoms with E-state index in [4.69, 9.17) is 4.74 Å². The van der Waals surface area contributed by atoms with Gasteiger partial charge >= 0.3 is 0 Å². The molecule has 214 valence electrons. The highest BCUT2D eigenvalue weighted by Crippen LogP contribution is 2.49. The molecular weight excluding hydrogens is 560 g/mol. The van der Waals surface area contributed by atoms with Crippen LogP contribution in [0, 0.1) is 23.3 Å². The summed E-state index contributed by atoms with van der Waals surface area (Å²) in [6, 6.07) is 36.2. The summed E-state index contributed by atoms with van der Waals surface area (Å²) in [4.78, 5) is 0. The quantitative estimate of drug-likeness (QED) is 0.183. The average molecular weight is 585 g/mol. The lowest BCUT2D eigenvalue weighted by molar-refractivity contribution is 0.162. The zero-order valence-electron chi connectivity index (χ0n) is 23.3. The fourth-order valence-electron chi connectivity index (χ4n) is 5.78. The van der Waals surface area contributed by atoms with Gasteiger partial charge in [0.2, 0.25) is 0 Å².